The number of rotatable bonds is 1. The molecule has 108 valence electrons. The van der Waals surface area contributed by atoms with Crippen LogP contribution in [0.2, 0.25) is 0 Å². The molecule has 3 rings (SSSR count). The van der Waals surface area contributed by atoms with Gasteiger partial charge in [-0.05, 0) is 26.0 Å². The Kier molecular flexibility index (Phi) is 3.54. The van der Waals surface area contributed by atoms with Crippen molar-refractivity contribution >= 4 is 23.4 Å². The lowest BCUT2D eigenvalue weighted by Crippen LogP contribution is -2.53. The minimum Gasteiger partial charge on any atom is -0.477 e. The van der Waals surface area contributed by atoms with Crippen LogP contribution in [-0.4, -0.2) is 47.0 Å². The van der Waals surface area contributed by atoms with E-state index in [0.717, 1.165) is 30.3 Å². The Balaban J connectivity index is 1.70. The predicted octanol–water partition coefficient (Wildman–Crippen LogP) is 2.21. The maximum absolute atomic E-state index is 12.6. The highest BCUT2D eigenvalue weighted by Crippen LogP contribution is 2.32. The smallest absolute Gasteiger partial charge is 0.265 e. The highest BCUT2D eigenvalue weighted by molar-refractivity contribution is 8.00. The molecule has 2 aliphatic heterocycles. The van der Waals surface area contributed by atoms with Gasteiger partial charge in [-0.15, -0.1) is 0 Å². The van der Waals surface area contributed by atoms with Crippen LogP contribution in [0.15, 0.2) is 24.3 Å². The number of nitrogens with zero attached hydrogens (tertiary/aromatic N) is 1. The minimum absolute atomic E-state index is 0.0976. The van der Waals surface area contributed by atoms with Gasteiger partial charge in [0.25, 0.3) is 5.91 Å². The van der Waals surface area contributed by atoms with Crippen LogP contribution in [0, 0.1) is 0 Å². The second-order valence-electron chi connectivity index (χ2n) is 5.85. The van der Waals surface area contributed by atoms with Gasteiger partial charge in [0.05, 0.1) is 12.2 Å². The lowest BCUT2D eigenvalue weighted by Gasteiger charge is -2.39. The molecule has 0 aliphatic carbocycles. The van der Waals surface area contributed by atoms with Crippen molar-refractivity contribution in [3.05, 3.63) is 24.3 Å². The van der Waals surface area contributed by atoms with Gasteiger partial charge in [-0.25, -0.2) is 0 Å². The average molecular weight is 292 g/mol. The van der Waals surface area contributed by atoms with Crippen LogP contribution in [0.3, 0.4) is 0 Å². The number of amides is 1. The summed E-state index contributed by atoms with van der Waals surface area (Å²) in [6, 6.07) is 7.75. The van der Waals surface area contributed by atoms with E-state index in [0.29, 0.717) is 6.54 Å². The first-order valence-corrected chi connectivity index (χ1v) is 7.96. The Hall–Kier alpha value is -1.36. The Bertz CT molecular complexity index is 518. The number of hydrogen-bond acceptors (Lipinski definition) is 4. The summed E-state index contributed by atoms with van der Waals surface area (Å²) in [5.41, 5.74) is 0.964. The van der Waals surface area contributed by atoms with Gasteiger partial charge in [-0.1, -0.05) is 12.1 Å². The summed E-state index contributed by atoms with van der Waals surface area (Å²) >= 11 is 1.93. The highest BCUT2D eigenvalue weighted by atomic mass is 32.2. The maximum atomic E-state index is 12.6. The number of anilines is 1. The maximum Gasteiger partial charge on any atom is 0.265 e. The first-order valence-electron chi connectivity index (χ1n) is 6.97. The summed E-state index contributed by atoms with van der Waals surface area (Å²) in [5, 5.41) is 3.28. The van der Waals surface area contributed by atoms with Crippen molar-refractivity contribution in [3.8, 4) is 5.75 Å². The van der Waals surface area contributed by atoms with E-state index in [-0.39, 0.29) is 10.7 Å². The number of carbonyl (C=O) groups is 1. The minimum atomic E-state index is -0.413. The van der Waals surface area contributed by atoms with Crippen molar-refractivity contribution in [2.75, 3.05) is 30.7 Å². The molecule has 1 aromatic carbocycles. The topological polar surface area (TPSA) is 41.6 Å². The number of hydrogen-bond donors (Lipinski definition) is 1. The number of ether oxygens (including phenoxy) is 1. The van der Waals surface area contributed by atoms with Gasteiger partial charge in [0.15, 0.2) is 6.10 Å². The van der Waals surface area contributed by atoms with Gasteiger partial charge in [-0.3, -0.25) is 4.79 Å². The van der Waals surface area contributed by atoms with Gasteiger partial charge >= 0.3 is 0 Å². The van der Waals surface area contributed by atoms with Crippen LogP contribution in [0.1, 0.15) is 13.8 Å². The number of fused-ring (bicyclic) bond motifs is 1. The van der Waals surface area contributed by atoms with Gasteiger partial charge in [0, 0.05) is 23.6 Å². The van der Waals surface area contributed by atoms with E-state index in [1.54, 1.807) is 0 Å². The zero-order valence-electron chi connectivity index (χ0n) is 11.9. The zero-order chi connectivity index (χ0) is 14.2. The Morgan fingerprint density at radius 2 is 2.25 bits per heavy atom. The highest BCUT2D eigenvalue weighted by Gasteiger charge is 2.35. The molecular weight excluding hydrogens is 272 g/mol. The molecule has 2 heterocycles. The van der Waals surface area contributed by atoms with Crippen molar-refractivity contribution in [1.82, 2.24) is 4.90 Å². The van der Waals surface area contributed by atoms with E-state index in [2.05, 4.69) is 19.2 Å². The molecule has 1 unspecified atom stereocenters. The molecule has 0 radical (unpaired) electrons. The number of nitrogens with one attached hydrogen (secondary N) is 1. The zero-order valence-corrected chi connectivity index (χ0v) is 12.7. The molecule has 1 saturated heterocycles. The fraction of sp³-hybridized carbons (Fsp3) is 0.533. The van der Waals surface area contributed by atoms with E-state index < -0.39 is 6.10 Å². The monoisotopic (exact) mass is 292 g/mol. The third-order valence-corrected chi connectivity index (χ3v) is 4.94. The summed E-state index contributed by atoms with van der Waals surface area (Å²) in [6.45, 7) is 6.52. The molecular formula is C15H20N2O2S. The van der Waals surface area contributed by atoms with Gasteiger partial charge in [-0.2, -0.15) is 11.8 Å². The van der Waals surface area contributed by atoms with Crippen molar-refractivity contribution in [2.24, 2.45) is 0 Å². The summed E-state index contributed by atoms with van der Waals surface area (Å²) < 4.78 is 5.99. The fourth-order valence-electron chi connectivity index (χ4n) is 2.66. The summed E-state index contributed by atoms with van der Waals surface area (Å²) in [6.07, 6.45) is -0.413. The van der Waals surface area contributed by atoms with E-state index >= 15 is 0 Å². The van der Waals surface area contributed by atoms with Crippen molar-refractivity contribution in [2.45, 2.75) is 24.7 Å². The van der Waals surface area contributed by atoms with Crippen LogP contribution >= 0.6 is 11.8 Å². The lowest BCUT2D eigenvalue weighted by molar-refractivity contribution is -0.138. The summed E-state index contributed by atoms with van der Waals surface area (Å²) in [4.78, 5) is 14.5. The van der Waals surface area contributed by atoms with Crippen LogP contribution in [0.4, 0.5) is 5.69 Å². The fourth-order valence-corrected chi connectivity index (χ4v) is 3.77. The number of para-hydroxylation sites is 2. The van der Waals surface area contributed by atoms with E-state index in [9.17, 15) is 4.79 Å². The van der Waals surface area contributed by atoms with Crippen LogP contribution in [-0.2, 0) is 4.79 Å². The molecule has 0 aromatic heterocycles. The molecule has 0 bridgehead atoms. The molecule has 1 N–H and O–H groups in total. The van der Waals surface area contributed by atoms with E-state index in [1.807, 2.05) is 40.9 Å². The summed E-state index contributed by atoms with van der Waals surface area (Å²) in [5.74, 6) is 1.86. The van der Waals surface area contributed by atoms with Crippen molar-refractivity contribution in [1.29, 1.82) is 0 Å². The molecule has 1 aromatic rings. The second kappa shape index (κ2) is 5.20. The SMILES string of the molecule is CC1(C)CN(C(=O)C2CNc3ccccc3O2)CCS1. The molecule has 0 saturated carbocycles. The van der Waals surface area contributed by atoms with Crippen molar-refractivity contribution < 1.29 is 9.53 Å². The largest absolute Gasteiger partial charge is 0.477 e. The third-order valence-electron chi connectivity index (χ3n) is 3.65. The van der Waals surface area contributed by atoms with Gasteiger partial charge < -0.3 is 15.0 Å². The van der Waals surface area contributed by atoms with Crippen LogP contribution in [0.5, 0.6) is 5.75 Å². The number of thioether (sulfide) groups is 1. The standard InChI is InChI=1S/C15H20N2O2S/c1-15(2)10-17(7-8-20-15)14(18)13-9-16-11-5-3-4-6-12(11)19-13/h3-6,13,16H,7-10H2,1-2H3. The van der Waals surface area contributed by atoms with Gasteiger partial charge in [0.2, 0.25) is 0 Å². The quantitative estimate of drug-likeness (QED) is 0.862. The summed E-state index contributed by atoms with van der Waals surface area (Å²) in [7, 11) is 0. The van der Waals surface area contributed by atoms with Crippen LogP contribution < -0.4 is 10.1 Å². The van der Waals surface area contributed by atoms with Crippen molar-refractivity contribution in [3.63, 3.8) is 0 Å². The molecule has 0 spiro atoms. The molecule has 2 aliphatic rings. The van der Waals surface area contributed by atoms with Crippen LogP contribution in [0.25, 0.3) is 0 Å². The molecule has 5 heteroatoms. The Labute approximate surface area is 123 Å². The first-order chi connectivity index (χ1) is 9.55. The number of carbonyl (C=O) groups excluding carboxylic acids is 1. The Morgan fingerprint density at radius 3 is 3.05 bits per heavy atom. The normalized spacial score (nSPS) is 24.3. The average Bonchev–Trinajstić information content (AvgIpc) is 2.45. The molecule has 1 fully saturated rings. The van der Waals surface area contributed by atoms with Gasteiger partial charge in [0.1, 0.15) is 5.75 Å². The molecule has 1 atom stereocenters. The first kappa shape index (κ1) is 13.6. The second-order valence-corrected chi connectivity index (χ2v) is 7.65. The van der Waals surface area contributed by atoms with E-state index in [1.165, 1.54) is 0 Å². The molecule has 4 nitrogen and oxygen atoms in total. The number of benzene rings is 1. The third kappa shape index (κ3) is 2.73. The molecule has 1 amide bonds. The Morgan fingerprint density at radius 1 is 1.45 bits per heavy atom. The molecule has 20 heavy (non-hydrogen) atoms. The van der Waals surface area contributed by atoms with E-state index in [4.69, 9.17) is 4.74 Å². The predicted molar refractivity (Wildman–Crippen MR) is 82.5 cm³/mol. The lowest BCUT2D eigenvalue weighted by atomic mass is 10.1.